The number of piperidine rings is 1. The zero-order valence-corrected chi connectivity index (χ0v) is 19.3. The standard InChI is InChI=1S/C27H27N3O4/c1-17(31)28-22-7-3-19(4-8-22)24-11-12-25-21-13-18(15-30(25)27(24)33)14-29(16-21)26(32)20-5-9-23(34-2)10-6-20/h3-12,18,21H,13-16H2,1-2H3,(H,28,31)/t18-,21+/m0/s1. The fraction of sp³-hybridized carbons (Fsp3) is 0.296. The van der Waals surface area contributed by atoms with Gasteiger partial charge in [-0.3, -0.25) is 14.4 Å². The molecule has 2 amide bonds. The summed E-state index contributed by atoms with van der Waals surface area (Å²) in [6.07, 6.45) is 0.983. The molecule has 0 spiro atoms. The quantitative estimate of drug-likeness (QED) is 0.647. The first kappa shape index (κ1) is 21.9. The van der Waals surface area contributed by atoms with Crippen LogP contribution in [0.2, 0.25) is 0 Å². The first-order valence-corrected chi connectivity index (χ1v) is 11.5. The number of carbonyl (C=O) groups is 2. The molecule has 3 heterocycles. The van der Waals surface area contributed by atoms with Gasteiger partial charge in [0.1, 0.15) is 5.75 Å². The highest BCUT2D eigenvalue weighted by molar-refractivity contribution is 5.94. The van der Waals surface area contributed by atoms with E-state index >= 15 is 0 Å². The molecule has 2 aliphatic heterocycles. The number of nitrogens with zero attached hydrogens (tertiary/aromatic N) is 2. The highest BCUT2D eigenvalue weighted by Crippen LogP contribution is 2.36. The van der Waals surface area contributed by atoms with Crippen LogP contribution in [0.15, 0.2) is 65.5 Å². The van der Waals surface area contributed by atoms with Crippen LogP contribution in [0.25, 0.3) is 11.1 Å². The zero-order chi connectivity index (χ0) is 23.8. The number of carbonyl (C=O) groups excluding carboxylic acids is 2. The Morgan fingerprint density at radius 3 is 2.35 bits per heavy atom. The second-order valence-electron chi connectivity index (χ2n) is 9.08. The van der Waals surface area contributed by atoms with Gasteiger partial charge in [0.25, 0.3) is 11.5 Å². The summed E-state index contributed by atoms with van der Waals surface area (Å²) in [5, 5.41) is 2.74. The summed E-state index contributed by atoms with van der Waals surface area (Å²) >= 11 is 0. The molecular weight excluding hydrogens is 430 g/mol. The Kier molecular flexibility index (Phi) is 5.69. The molecule has 2 aliphatic rings. The molecule has 0 saturated carbocycles. The van der Waals surface area contributed by atoms with E-state index in [1.165, 1.54) is 6.92 Å². The molecule has 2 bridgehead atoms. The summed E-state index contributed by atoms with van der Waals surface area (Å²) in [5.41, 5.74) is 3.80. The third-order valence-electron chi connectivity index (χ3n) is 6.74. The predicted octanol–water partition coefficient (Wildman–Crippen LogP) is 3.74. The van der Waals surface area contributed by atoms with Crippen LogP contribution >= 0.6 is 0 Å². The summed E-state index contributed by atoms with van der Waals surface area (Å²) in [7, 11) is 1.61. The lowest BCUT2D eigenvalue weighted by atomic mass is 9.82. The van der Waals surface area contributed by atoms with Crippen LogP contribution in [0, 0.1) is 5.92 Å². The molecule has 174 valence electrons. The minimum Gasteiger partial charge on any atom is -0.497 e. The average molecular weight is 458 g/mol. The molecule has 0 radical (unpaired) electrons. The molecule has 7 nitrogen and oxygen atoms in total. The molecule has 0 aliphatic carbocycles. The monoisotopic (exact) mass is 457 g/mol. The van der Waals surface area contributed by atoms with E-state index in [1.54, 1.807) is 43.5 Å². The number of aromatic nitrogens is 1. The van der Waals surface area contributed by atoms with Crippen molar-refractivity contribution in [1.82, 2.24) is 9.47 Å². The van der Waals surface area contributed by atoms with Crippen molar-refractivity contribution >= 4 is 17.5 Å². The highest BCUT2D eigenvalue weighted by atomic mass is 16.5. The van der Waals surface area contributed by atoms with E-state index in [1.807, 2.05) is 33.7 Å². The third-order valence-corrected chi connectivity index (χ3v) is 6.74. The number of amides is 2. The van der Waals surface area contributed by atoms with E-state index in [0.29, 0.717) is 36.4 Å². The lowest BCUT2D eigenvalue weighted by Gasteiger charge is -2.43. The summed E-state index contributed by atoms with van der Waals surface area (Å²) in [6.45, 7) is 3.32. The molecule has 1 fully saturated rings. The Hall–Kier alpha value is -3.87. The Morgan fingerprint density at radius 1 is 0.941 bits per heavy atom. The molecule has 0 unspecified atom stereocenters. The van der Waals surface area contributed by atoms with E-state index in [9.17, 15) is 14.4 Å². The number of ether oxygens (including phenoxy) is 1. The van der Waals surface area contributed by atoms with Crippen LogP contribution < -0.4 is 15.6 Å². The van der Waals surface area contributed by atoms with Crippen molar-refractivity contribution in [2.75, 3.05) is 25.5 Å². The Bertz CT molecular complexity index is 1290. The molecule has 3 aromatic rings. The number of methoxy groups -OCH3 is 1. The molecular formula is C27H27N3O4. The van der Waals surface area contributed by atoms with Crippen molar-refractivity contribution in [2.24, 2.45) is 5.92 Å². The van der Waals surface area contributed by atoms with Crippen LogP contribution in [-0.2, 0) is 11.3 Å². The van der Waals surface area contributed by atoms with Crippen LogP contribution in [0.1, 0.15) is 35.3 Å². The minimum atomic E-state index is -0.132. The van der Waals surface area contributed by atoms with E-state index in [-0.39, 0.29) is 29.2 Å². The Labute approximate surface area is 198 Å². The highest BCUT2D eigenvalue weighted by Gasteiger charge is 2.37. The number of likely N-dealkylation sites (tertiary alicyclic amines) is 1. The molecule has 2 aromatic carbocycles. The fourth-order valence-electron chi connectivity index (χ4n) is 5.18. The SMILES string of the molecule is COc1ccc(C(=O)N2C[C@@H]3C[C@H](C2)c2ccc(-c4ccc(NC(C)=O)cc4)c(=O)n2C3)cc1. The maximum absolute atomic E-state index is 13.4. The Morgan fingerprint density at radius 2 is 1.68 bits per heavy atom. The fourth-order valence-corrected chi connectivity index (χ4v) is 5.18. The number of rotatable bonds is 4. The molecule has 2 atom stereocenters. The lowest BCUT2D eigenvalue weighted by molar-refractivity contribution is -0.114. The number of hydrogen-bond acceptors (Lipinski definition) is 4. The molecule has 1 saturated heterocycles. The van der Waals surface area contributed by atoms with Crippen molar-refractivity contribution in [3.8, 4) is 16.9 Å². The average Bonchev–Trinajstić information content (AvgIpc) is 2.84. The van der Waals surface area contributed by atoms with E-state index < -0.39 is 0 Å². The zero-order valence-electron chi connectivity index (χ0n) is 19.3. The first-order chi connectivity index (χ1) is 16.4. The summed E-state index contributed by atoms with van der Waals surface area (Å²) in [6, 6.07) is 18.4. The van der Waals surface area contributed by atoms with Crippen molar-refractivity contribution in [3.63, 3.8) is 0 Å². The van der Waals surface area contributed by atoms with Gasteiger partial charge in [0.2, 0.25) is 5.91 Å². The number of anilines is 1. The molecule has 1 aromatic heterocycles. The summed E-state index contributed by atoms with van der Waals surface area (Å²) in [5.74, 6) is 0.986. The first-order valence-electron chi connectivity index (χ1n) is 11.5. The van der Waals surface area contributed by atoms with Gasteiger partial charge in [0.15, 0.2) is 0 Å². The van der Waals surface area contributed by atoms with Gasteiger partial charge in [0.05, 0.1) is 7.11 Å². The van der Waals surface area contributed by atoms with Gasteiger partial charge >= 0.3 is 0 Å². The molecule has 7 heteroatoms. The third kappa shape index (κ3) is 4.09. The van der Waals surface area contributed by atoms with Crippen molar-refractivity contribution in [1.29, 1.82) is 0 Å². The smallest absolute Gasteiger partial charge is 0.258 e. The second-order valence-corrected chi connectivity index (χ2v) is 9.08. The van der Waals surface area contributed by atoms with Crippen LogP contribution in [0.3, 0.4) is 0 Å². The van der Waals surface area contributed by atoms with Gasteiger partial charge in [-0.1, -0.05) is 12.1 Å². The van der Waals surface area contributed by atoms with E-state index in [4.69, 9.17) is 4.74 Å². The molecule has 34 heavy (non-hydrogen) atoms. The van der Waals surface area contributed by atoms with E-state index in [0.717, 1.165) is 23.4 Å². The maximum atomic E-state index is 13.4. The van der Waals surface area contributed by atoms with E-state index in [2.05, 4.69) is 5.32 Å². The Balaban J connectivity index is 1.39. The van der Waals surface area contributed by atoms with Crippen molar-refractivity contribution in [3.05, 3.63) is 82.3 Å². The topological polar surface area (TPSA) is 80.6 Å². The minimum absolute atomic E-state index is 0.00518. The largest absolute Gasteiger partial charge is 0.497 e. The van der Waals surface area contributed by atoms with Crippen molar-refractivity contribution < 1.29 is 14.3 Å². The summed E-state index contributed by atoms with van der Waals surface area (Å²) < 4.78 is 7.09. The summed E-state index contributed by atoms with van der Waals surface area (Å²) in [4.78, 5) is 39.7. The van der Waals surface area contributed by atoms with Crippen LogP contribution in [0.5, 0.6) is 5.75 Å². The van der Waals surface area contributed by atoms with Gasteiger partial charge < -0.3 is 19.5 Å². The van der Waals surface area contributed by atoms with Crippen molar-refractivity contribution in [2.45, 2.75) is 25.8 Å². The maximum Gasteiger partial charge on any atom is 0.258 e. The number of pyridine rings is 1. The van der Waals surface area contributed by atoms with Gasteiger partial charge in [-0.15, -0.1) is 0 Å². The van der Waals surface area contributed by atoms with Gasteiger partial charge in [0, 0.05) is 55.0 Å². The number of nitrogens with one attached hydrogen (secondary N) is 1. The number of benzene rings is 2. The predicted molar refractivity (Wildman–Crippen MR) is 130 cm³/mol. The number of fused-ring (bicyclic) bond motifs is 4. The molecule has 5 rings (SSSR count). The van der Waals surface area contributed by atoms with Crippen LogP contribution in [0.4, 0.5) is 5.69 Å². The number of hydrogen-bond donors (Lipinski definition) is 1. The van der Waals surface area contributed by atoms with Gasteiger partial charge in [-0.25, -0.2) is 0 Å². The molecule has 1 N–H and O–H groups in total. The van der Waals surface area contributed by atoms with Gasteiger partial charge in [-0.05, 0) is 66.4 Å². The van der Waals surface area contributed by atoms with Gasteiger partial charge in [-0.2, -0.15) is 0 Å². The lowest BCUT2D eigenvalue weighted by Crippen LogP contribution is -2.49. The second kappa shape index (κ2) is 8.82. The van der Waals surface area contributed by atoms with Crippen LogP contribution in [-0.4, -0.2) is 41.5 Å². The normalized spacial score (nSPS) is 18.7.